The fraction of sp³-hybridized carbons (Fsp3) is 0.400. The first-order valence-electron chi connectivity index (χ1n) is 4.48. The van der Waals surface area contributed by atoms with Crippen molar-refractivity contribution < 1.29 is 9.42 Å². The van der Waals surface area contributed by atoms with Crippen LogP contribution in [0.25, 0.3) is 0 Å². The van der Waals surface area contributed by atoms with Crippen molar-refractivity contribution in [3.05, 3.63) is 29.8 Å². The van der Waals surface area contributed by atoms with Gasteiger partial charge in [0, 0.05) is 5.30 Å². The van der Waals surface area contributed by atoms with E-state index in [0.29, 0.717) is 6.61 Å². The van der Waals surface area contributed by atoms with Crippen LogP contribution in [-0.4, -0.2) is 11.5 Å². The Hall–Kier alpha value is -0.430. The van der Waals surface area contributed by atoms with E-state index in [0.717, 1.165) is 11.7 Å². The average Bonchev–Trinajstić information content (AvgIpc) is 2.18. The molecular weight excluding hydrogens is 183 g/mol. The molecule has 0 radical (unpaired) electrons. The standard InChI is InChI=1S/C10H15O2P/c1-3-9-6-5-7-10(8-9)13(11)12-4-2/h5-8,11H,3-4H2,1-2H3. The van der Waals surface area contributed by atoms with E-state index in [4.69, 9.17) is 4.52 Å². The third kappa shape index (κ3) is 3.07. The number of hydrogen-bond acceptors (Lipinski definition) is 2. The smallest absolute Gasteiger partial charge is 0.202 e. The molecule has 0 aliphatic carbocycles. The molecule has 2 nitrogen and oxygen atoms in total. The van der Waals surface area contributed by atoms with E-state index >= 15 is 0 Å². The summed E-state index contributed by atoms with van der Waals surface area (Å²) in [6, 6.07) is 7.92. The second-order valence-corrected chi connectivity index (χ2v) is 4.03. The highest BCUT2D eigenvalue weighted by Gasteiger charge is 2.07. The van der Waals surface area contributed by atoms with Gasteiger partial charge < -0.3 is 9.42 Å². The molecule has 1 aromatic rings. The molecule has 0 aliphatic rings. The van der Waals surface area contributed by atoms with Crippen molar-refractivity contribution in [2.45, 2.75) is 20.3 Å². The minimum atomic E-state index is -1.40. The van der Waals surface area contributed by atoms with Gasteiger partial charge in [0.05, 0.1) is 6.61 Å². The maximum atomic E-state index is 9.58. The highest BCUT2D eigenvalue weighted by molar-refractivity contribution is 7.55. The molecule has 0 fully saturated rings. The van der Waals surface area contributed by atoms with Crippen LogP contribution in [0.5, 0.6) is 0 Å². The summed E-state index contributed by atoms with van der Waals surface area (Å²) in [5, 5.41) is 0.899. The van der Waals surface area contributed by atoms with Gasteiger partial charge in [0.2, 0.25) is 8.38 Å². The summed E-state index contributed by atoms with van der Waals surface area (Å²) in [5.74, 6) is 0. The Kier molecular flexibility index (Phi) is 4.37. The number of benzene rings is 1. The fourth-order valence-electron chi connectivity index (χ4n) is 1.09. The van der Waals surface area contributed by atoms with Gasteiger partial charge in [-0.1, -0.05) is 19.1 Å². The molecule has 1 N–H and O–H groups in total. The molecule has 1 unspecified atom stereocenters. The topological polar surface area (TPSA) is 29.5 Å². The minimum Gasteiger partial charge on any atom is -0.346 e. The van der Waals surface area contributed by atoms with E-state index in [2.05, 4.69) is 13.0 Å². The first-order valence-corrected chi connectivity index (χ1v) is 5.70. The lowest BCUT2D eigenvalue weighted by atomic mass is 10.2. The monoisotopic (exact) mass is 198 g/mol. The summed E-state index contributed by atoms with van der Waals surface area (Å²) in [6.07, 6.45) is 0.989. The predicted molar refractivity (Wildman–Crippen MR) is 56.2 cm³/mol. The molecule has 13 heavy (non-hydrogen) atoms. The highest BCUT2D eigenvalue weighted by atomic mass is 31.2. The normalized spacial score (nSPS) is 12.8. The Bertz CT molecular complexity index is 263. The van der Waals surface area contributed by atoms with Gasteiger partial charge in [-0.25, -0.2) is 0 Å². The zero-order chi connectivity index (χ0) is 9.68. The lowest BCUT2D eigenvalue weighted by Crippen LogP contribution is -2.03. The van der Waals surface area contributed by atoms with Crippen LogP contribution in [0.2, 0.25) is 0 Å². The third-order valence-electron chi connectivity index (χ3n) is 1.79. The largest absolute Gasteiger partial charge is 0.346 e. The van der Waals surface area contributed by atoms with Crippen LogP contribution in [0.3, 0.4) is 0 Å². The van der Waals surface area contributed by atoms with Crippen molar-refractivity contribution >= 4 is 13.7 Å². The van der Waals surface area contributed by atoms with Gasteiger partial charge in [-0.3, -0.25) is 0 Å². The molecule has 0 spiro atoms. The Balaban J connectivity index is 2.75. The molecule has 72 valence electrons. The molecule has 0 bridgehead atoms. The van der Waals surface area contributed by atoms with Crippen molar-refractivity contribution in [2.24, 2.45) is 0 Å². The van der Waals surface area contributed by atoms with Gasteiger partial charge in [-0.2, -0.15) is 0 Å². The van der Waals surface area contributed by atoms with Gasteiger partial charge in [0.15, 0.2) is 0 Å². The molecule has 1 atom stereocenters. The van der Waals surface area contributed by atoms with Gasteiger partial charge in [0.25, 0.3) is 0 Å². The molecule has 0 amide bonds. The van der Waals surface area contributed by atoms with Crippen LogP contribution in [-0.2, 0) is 10.9 Å². The van der Waals surface area contributed by atoms with Crippen LogP contribution in [0.1, 0.15) is 19.4 Å². The van der Waals surface area contributed by atoms with Gasteiger partial charge in [-0.05, 0) is 31.0 Å². The first kappa shape index (κ1) is 10.6. The van der Waals surface area contributed by atoms with Crippen molar-refractivity contribution in [2.75, 3.05) is 6.61 Å². The zero-order valence-electron chi connectivity index (χ0n) is 8.03. The van der Waals surface area contributed by atoms with E-state index in [1.54, 1.807) is 0 Å². The van der Waals surface area contributed by atoms with E-state index in [1.807, 2.05) is 25.1 Å². The van der Waals surface area contributed by atoms with Crippen molar-refractivity contribution in [3.8, 4) is 0 Å². The van der Waals surface area contributed by atoms with Crippen molar-refractivity contribution in [1.29, 1.82) is 0 Å². The van der Waals surface area contributed by atoms with E-state index in [-0.39, 0.29) is 0 Å². The Morgan fingerprint density at radius 3 is 2.77 bits per heavy atom. The summed E-state index contributed by atoms with van der Waals surface area (Å²) >= 11 is 0. The van der Waals surface area contributed by atoms with Crippen LogP contribution in [0.15, 0.2) is 24.3 Å². The summed E-state index contributed by atoms with van der Waals surface area (Å²) in [4.78, 5) is 9.58. The molecule has 0 heterocycles. The zero-order valence-corrected chi connectivity index (χ0v) is 8.92. The Morgan fingerprint density at radius 2 is 2.15 bits per heavy atom. The van der Waals surface area contributed by atoms with Gasteiger partial charge in [-0.15, -0.1) is 0 Å². The summed E-state index contributed by atoms with van der Waals surface area (Å²) in [6.45, 7) is 4.53. The van der Waals surface area contributed by atoms with Crippen LogP contribution < -0.4 is 5.30 Å². The Labute approximate surface area is 80.5 Å². The summed E-state index contributed by atoms with van der Waals surface area (Å²) < 4.78 is 5.15. The Morgan fingerprint density at radius 1 is 1.38 bits per heavy atom. The molecule has 0 aromatic heterocycles. The van der Waals surface area contributed by atoms with Gasteiger partial charge >= 0.3 is 0 Å². The maximum absolute atomic E-state index is 9.58. The lowest BCUT2D eigenvalue weighted by molar-refractivity contribution is 0.337. The molecular formula is C10H15O2P. The van der Waals surface area contributed by atoms with Crippen molar-refractivity contribution in [1.82, 2.24) is 0 Å². The number of rotatable bonds is 4. The summed E-state index contributed by atoms with van der Waals surface area (Å²) in [7, 11) is -1.40. The third-order valence-corrected chi connectivity index (χ3v) is 3.01. The van der Waals surface area contributed by atoms with E-state index in [9.17, 15) is 4.89 Å². The predicted octanol–water partition coefficient (Wildman–Crippen LogP) is 2.21. The quantitative estimate of drug-likeness (QED) is 0.751. The molecule has 1 aromatic carbocycles. The molecule has 0 aliphatic heterocycles. The number of aryl methyl sites for hydroxylation is 1. The average molecular weight is 198 g/mol. The first-order chi connectivity index (χ1) is 6.27. The van der Waals surface area contributed by atoms with Crippen LogP contribution in [0, 0.1) is 0 Å². The molecule has 0 saturated carbocycles. The molecule has 0 saturated heterocycles. The second-order valence-electron chi connectivity index (χ2n) is 2.71. The fourth-order valence-corrected chi connectivity index (χ4v) is 1.98. The minimum absolute atomic E-state index is 0.554. The highest BCUT2D eigenvalue weighted by Crippen LogP contribution is 2.29. The SMILES string of the molecule is CCOP(O)c1cccc(CC)c1. The second kappa shape index (κ2) is 5.33. The van der Waals surface area contributed by atoms with E-state index < -0.39 is 8.38 Å². The number of hydrogen-bond donors (Lipinski definition) is 1. The molecule has 3 heteroatoms. The van der Waals surface area contributed by atoms with Crippen LogP contribution in [0.4, 0.5) is 0 Å². The summed E-state index contributed by atoms with van der Waals surface area (Å²) in [5.41, 5.74) is 1.23. The van der Waals surface area contributed by atoms with Gasteiger partial charge in [0.1, 0.15) is 0 Å². The maximum Gasteiger partial charge on any atom is 0.202 e. The molecule has 1 rings (SSSR count). The lowest BCUT2D eigenvalue weighted by Gasteiger charge is -2.09. The van der Waals surface area contributed by atoms with Crippen molar-refractivity contribution in [3.63, 3.8) is 0 Å². The van der Waals surface area contributed by atoms with E-state index in [1.165, 1.54) is 5.56 Å². The van der Waals surface area contributed by atoms with Crippen LogP contribution >= 0.6 is 8.38 Å².